The predicted octanol–water partition coefficient (Wildman–Crippen LogP) is 2.36. The van der Waals surface area contributed by atoms with Gasteiger partial charge >= 0.3 is 0 Å². The second-order valence-electron chi connectivity index (χ2n) is 3.38. The lowest BCUT2D eigenvalue weighted by molar-refractivity contribution is 0.112. The second kappa shape index (κ2) is 3.69. The maximum Gasteiger partial charge on any atom is 0.213 e. The maximum atomic E-state index is 10.6. The average Bonchev–Trinajstić information content (AvgIpc) is 2.28. The number of fused-ring (bicyclic) bond motifs is 1. The fraction of sp³-hybridized carbons (Fsp3) is 0.167. The lowest BCUT2D eigenvalue weighted by Gasteiger charge is -2.05. The molecule has 0 aliphatic carbocycles. The van der Waals surface area contributed by atoms with Crippen molar-refractivity contribution in [2.24, 2.45) is 0 Å². The number of aldehydes is 1. The number of nitrogens with zero attached hydrogens (tertiary/aromatic N) is 1. The van der Waals surface area contributed by atoms with Crippen molar-refractivity contribution in [3.05, 3.63) is 35.4 Å². The molecule has 2 aromatic rings. The highest BCUT2D eigenvalue weighted by Crippen LogP contribution is 2.21. The fourth-order valence-electron chi connectivity index (χ4n) is 1.56. The van der Waals surface area contributed by atoms with E-state index in [0.717, 1.165) is 22.8 Å². The Morgan fingerprint density at radius 2 is 2.13 bits per heavy atom. The Morgan fingerprint density at radius 3 is 2.80 bits per heavy atom. The van der Waals surface area contributed by atoms with Gasteiger partial charge < -0.3 is 4.74 Å². The van der Waals surface area contributed by atoms with E-state index in [1.54, 1.807) is 13.2 Å². The summed E-state index contributed by atoms with van der Waals surface area (Å²) in [6, 6.07) is 7.27. The van der Waals surface area contributed by atoms with Crippen LogP contribution in [-0.2, 0) is 0 Å². The molecule has 0 amide bonds. The molecule has 0 saturated carbocycles. The first-order valence-corrected chi connectivity index (χ1v) is 4.65. The highest BCUT2D eigenvalue weighted by atomic mass is 16.5. The number of hydrogen-bond donors (Lipinski definition) is 0. The van der Waals surface area contributed by atoms with Gasteiger partial charge in [-0.25, -0.2) is 4.98 Å². The minimum atomic E-state index is 0.596. The number of benzene rings is 1. The molecule has 0 aliphatic rings. The second-order valence-corrected chi connectivity index (χ2v) is 3.38. The van der Waals surface area contributed by atoms with Gasteiger partial charge in [-0.2, -0.15) is 0 Å². The summed E-state index contributed by atoms with van der Waals surface area (Å²) in [4.78, 5) is 14.9. The van der Waals surface area contributed by atoms with E-state index < -0.39 is 0 Å². The number of rotatable bonds is 2. The van der Waals surface area contributed by atoms with Crippen molar-refractivity contribution < 1.29 is 9.53 Å². The van der Waals surface area contributed by atoms with E-state index in [-0.39, 0.29) is 0 Å². The highest BCUT2D eigenvalue weighted by Gasteiger charge is 2.03. The van der Waals surface area contributed by atoms with E-state index in [1.807, 2.05) is 25.1 Å². The molecular formula is C12H11NO2. The van der Waals surface area contributed by atoms with Crippen molar-refractivity contribution in [3.63, 3.8) is 0 Å². The van der Waals surface area contributed by atoms with Gasteiger partial charge in [-0.05, 0) is 30.7 Å². The molecule has 3 nitrogen and oxygen atoms in total. The van der Waals surface area contributed by atoms with Crippen molar-refractivity contribution in [2.45, 2.75) is 6.92 Å². The molecule has 0 saturated heterocycles. The molecule has 2 rings (SSSR count). The number of carbonyl (C=O) groups is 1. The quantitative estimate of drug-likeness (QED) is 0.700. The SMILES string of the molecule is COc1cc(C)c2cc(C=O)ccc2n1. The molecule has 0 aliphatic heterocycles. The average molecular weight is 201 g/mol. The summed E-state index contributed by atoms with van der Waals surface area (Å²) in [6.07, 6.45) is 0.836. The van der Waals surface area contributed by atoms with E-state index in [2.05, 4.69) is 4.98 Å². The van der Waals surface area contributed by atoms with E-state index in [1.165, 1.54) is 0 Å². The van der Waals surface area contributed by atoms with Crippen molar-refractivity contribution in [3.8, 4) is 5.88 Å². The molecule has 0 radical (unpaired) electrons. The molecule has 1 heterocycles. The number of hydrogen-bond acceptors (Lipinski definition) is 3. The lowest BCUT2D eigenvalue weighted by Crippen LogP contribution is -1.91. The van der Waals surface area contributed by atoms with Gasteiger partial charge in [-0.3, -0.25) is 4.79 Å². The van der Waals surface area contributed by atoms with E-state index in [4.69, 9.17) is 4.74 Å². The van der Waals surface area contributed by atoms with Crippen LogP contribution in [0, 0.1) is 6.92 Å². The maximum absolute atomic E-state index is 10.6. The molecule has 1 aromatic heterocycles. The molecule has 0 N–H and O–H groups in total. The van der Waals surface area contributed by atoms with Crippen LogP contribution < -0.4 is 4.74 Å². The zero-order valence-corrected chi connectivity index (χ0v) is 8.65. The first kappa shape index (κ1) is 9.65. The van der Waals surface area contributed by atoms with Crippen LogP contribution in [0.2, 0.25) is 0 Å². The first-order valence-electron chi connectivity index (χ1n) is 4.65. The number of methoxy groups -OCH3 is 1. The molecule has 1 aromatic carbocycles. The predicted molar refractivity (Wildman–Crippen MR) is 58.4 cm³/mol. The molecule has 0 spiro atoms. The third-order valence-electron chi connectivity index (χ3n) is 2.36. The van der Waals surface area contributed by atoms with E-state index >= 15 is 0 Å². The Bertz CT molecular complexity index is 520. The number of pyridine rings is 1. The smallest absolute Gasteiger partial charge is 0.213 e. The van der Waals surface area contributed by atoms with Crippen LogP contribution in [0.4, 0.5) is 0 Å². The van der Waals surface area contributed by atoms with Crippen molar-refractivity contribution in [1.29, 1.82) is 0 Å². The third-order valence-corrected chi connectivity index (χ3v) is 2.36. The van der Waals surface area contributed by atoms with Gasteiger partial charge in [0, 0.05) is 17.0 Å². The zero-order valence-electron chi connectivity index (χ0n) is 8.65. The molecule has 0 bridgehead atoms. The molecule has 0 atom stereocenters. The summed E-state index contributed by atoms with van der Waals surface area (Å²) in [5, 5.41) is 0.986. The summed E-state index contributed by atoms with van der Waals surface area (Å²) in [7, 11) is 1.59. The summed E-state index contributed by atoms with van der Waals surface area (Å²) in [5.74, 6) is 0.596. The van der Waals surface area contributed by atoms with Gasteiger partial charge in [-0.1, -0.05) is 0 Å². The van der Waals surface area contributed by atoms with Crippen LogP contribution in [0.1, 0.15) is 15.9 Å². The Kier molecular flexibility index (Phi) is 2.37. The number of aromatic nitrogens is 1. The van der Waals surface area contributed by atoms with Crippen molar-refractivity contribution in [2.75, 3.05) is 7.11 Å². The molecule has 0 fully saturated rings. The molecule has 3 heteroatoms. The topological polar surface area (TPSA) is 39.2 Å². The minimum absolute atomic E-state index is 0.596. The Balaban J connectivity index is 2.73. The molecule has 0 unspecified atom stereocenters. The standard InChI is InChI=1S/C12H11NO2/c1-8-5-12(15-2)13-11-4-3-9(7-14)6-10(8)11/h3-7H,1-2H3. The summed E-state index contributed by atoms with van der Waals surface area (Å²) in [6.45, 7) is 1.97. The lowest BCUT2D eigenvalue weighted by atomic mass is 10.1. The van der Waals surface area contributed by atoms with Crippen LogP contribution in [0.15, 0.2) is 24.3 Å². The van der Waals surface area contributed by atoms with Gasteiger partial charge in [-0.15, -0.1) is 0 Å². The van der Waals surface area contributed by atoms with Gasteiger partial charge in [0.1, 0.15) is 6.29 Å². The zero-order chi connectivity index (χ0) is 10.8. The van der Waals surface area contributed by atoms with Crippen molar-refractivity contribution >= 4 is 17.2 Å². The van der Waals surface area contributed by atoms with Gasteiger partial charge in [0.05, 0.1) is 12.6 Å². The normalized spacial score (nSPS) is 10.3. The number of ether oxygens (including phenoxy) is 1. The number of aryl methyl sites for hydroxylation is 1. The third kappa shape index (κ3) is 1.68. The largest absolute Gasteiger partial charge is 0.481 e. The monoisotopic (exact) mass is 201 g/mol. The Morgan fingerprint density at radius 1 is 1.33 bits per heavy atom. The van der Waals surface area contributed by atoms with Crippen LogP contribution in [0.3, 0.4) is 0 Å². The van der Waals surface area contributed by atoms with Crippen LogP contribution >= 0.6 is 0 Å². The minimum Gasteiger partial charge on any atom is -0.481 e. The van der Waals surface area contributed by atoms with Crippen LogP contribution in [-0.4, -0.2) is 18.4 Å². The van der Waals surface area contributed by atoms with Crippen molar-refractivity contribution in [1.82, 2.24) is 4.98 Å². The Labute approximate surface area is 87.7 Å². The summed E-state index contributed by atoms with van der Waals surface area (Å²) < 4.78 is 5.08. The summed E-state index contributed by atoms with van der Waals surface area (Å²) >= 11 is 0. The summed E-state index contributed by atoms with van der Waals surface area (Å²) in [5.41, 5.74) is 2.57. The van der Waals surface area contributed by atoms with Gasteiger partial charge in [0.2, 0.25) is 5.88 Å². The van der Waals surface area contributed by atoms with Gasteiger partial charge in [0.25, 0.3) is 0 Å². The fourth-order valence-corrected chi connectivity index (χ4v) is 1.56. The van der Waals surface area contributed by atoms with Crippen LogP contribution in [0.5, 0.6) is 5.88 Å². The van der Waals surface area contributed by atoms with Crippen LogP contribution in [0.25, 0.3) is 10.9 Å². The highest BCUT2D eigenvalue weighted by molar-refractivity contribution is 5.89. The Hall–Kier alpha value is -1.90. The van der Waals surface area contributed by atoms with E-state index in [9.17, 15) is 4.79 Å². The molecule has 76 valence electrons. The molecule has 15 heavy (non-hydrogen) atoms. The van der Waals surface area contributed by atoms with Gasteiger partial charge in [0.15, 0.2) is 0 Å². The van der Waals surface area contributed by atoms with E-state index in [0.29, 0.717) is 11.4 Å². The number of carbonyl (C=O) groups excluding carboxylic acids is 1. The first-order chi connectivity index (χ1) is 7.24. The molecular weight excluding hydrogens is 190 g/mol.